The third-order valence-corrected chi connectivity index (χ3v) is 5.10. The summed E-state index contributed by atoms with van der Waals surface area (Å²) in [6.45, 7) is 0. The standard InChI is InChI=1S/C16H15N3O4S/c20-14(10-24(22,23)16-17-7-2-8-18-16)12-5-6-13-11(9-12)3-1-4-15(21)19-13/h2,5-9H,1,3-4,10H2,(H,19,21). The van der Waals surface area contributed by atoms with Crippen LogP contribution in [-0.4, -0.2) is 35.8 Å². The fraction of sp³-hybridized carbons (Fsp3) is 0.250. The SMILES string of the molecule is O=C1CCCc2cc(C(=O)CS(=O)(=O)c3ncccn3)ccc2N1. The highest BCUT2D eigenvalue weighted by molar-refractivity contribution is 7.92. The average molecular weight is 345 g/mol. The normalized spacial score (nSPS) is 14.4. The molecule has 1 aromatic carbocycles. The van der Waals surface area contributed by atoms with Gasteiger partial charge in [-0.05, 0) is 42.7 Å². The van der Waals surface area contributed by atoms with Gasteiger partial charge < -0.3 is 5.32 Å². The Morgan fingerprint density at radius 1 is 1.17 bits per heavy atom. The first kappa shape index (κ1) is 16.3. The Labute approximate surface area is 139 Å². The summed E-state index contributed by atoms with van der Waals surface area (Å²) < 4.78 is 24.4. The van der Waals surface area contributed by atoms with Gasteiger partial charge in [-0.2, -0.15) is 0 Å². The molecule has 1 amide bonds. The summed E-state index contributed by atoms with van der Waals surface area (Å²) in [6, 6.07) is 6.30. The van der Waals surface area contributed by atoms with Crippen LogP contribution in [0.3, 0.4) is 0 Å². The highest BCUT2D eigenvalue weighted by atomic mass is 32.2. The predicted octanol–water partition coefficient (Wildman–Crippen LogP) is 1.41. The minimum atomic E-state index is -3.89. The number of ketones is 1. The van der Waals surface area contributed by atoms with Gasteiger partial charge in [0.1, 0.15) is 5.75 Å². The largest absolute Gasteiger partial charge is 0.326 e. The molecule has 24 heavy (non-hydrogen) atoms. The second-order valence-corrected chi connectivity index (χ2v) is 7.37. The van der Waals surface area contributed by atoms with Gasteiger partial charge in [0.05, 0.1) is 0 Å². The number of hydrogen-bond acceptors (Lipinski definition) is 6. The number of carbonyl (C=O) groups excluding carboxylic acids is 2. The highest BCUT2D eigenvalue weighted by Crippen LogP contribution is 2.23. The van der Waals surface area contributed by atoms with E-state index in [1.807, 2.05) is 0 Å². The lowest BCUT2D eigenvalue weighted by molar-refractivity contribution is -0.116. The number of sulfone groups is 1. The minimum Gasteiger partial charge on any atom is -0.326 e. The van der Waals surface area contributed by atoms with E-state index in [1.165, 1.54) is 24.5 Å². The van der Waals surface area contributed by atoms with Gasteiger partial charge in [0.15, 0.2) is 5.78 Å². The van der Waals surface area contributed by atoms with Crippen molar-refractivity contribution in [2.75, 3.05) is 11.1 Å². The van der Waals surface area contributed by atoms with Crippen molar-refractivity contribution in [3.63, 3.8) is 0 Å². The maximum atomic E-state index is 12.3. The average Bonchev–Trinajstić information content (AvgIpc) is 2.75. The van der Waals surface area contributed by atoms with Crippen molar-refractivity contribution in [2.45, 2.75) is 24.4 Å². The molecule has 0 spiro atoms. The third-order valence-electron chi connectivity index (χ3n) is 3.69. The molecule has 124 valence electrons. The lowest BCUT2D eigenvalue weighted by Gasteiger charge is -2.09. The summed E-state index contributed by atoms with van der Waals surface area (Å²) in [6.07, 6.45) is 4.40. The Balaban J connectivity index is 1.83. The monoisotopic (exact) mass is 345 g/mol. The molecule has 0 bridgehead atoms. The maximum absolute atomic E-state index is 12.3. The van der Waals surface area contributed by atoms with Crippen molar-refractivity contribution in [1.82, 2.24) is 9.97 Å². The smallest absolute Gasteiger partial charge is 0.247 e. The number of nitrogens with one attached hydrogen (secondary N) is 1. The zero-order valence-electron chi connectivity index (χ0n) is 12.7. The molecule has 2 aromatic rings. The van der Waals surface area contributed by atoms with E-state index >= 15 is 0 Å². The summed E-state index contributed by atoms with van der Waals surface area (Å²) >= 11 is 0. The summed E-state index contributed by atoms with van der Waals surface area (Å²) in [5.74, 6) is -1.28. The van der Waals surface area contributed by atoms with Crippen LogP contribution in [0.15, 0.2) is 41.8 Å². The van der Waals surface area contributed by atoms with Gasteiger partial charge in [-0.1, -0.05) is 0 Å². The molecule has 2 heterocycles. The summed E-state index contributed by atoms with van der Waals surface area (Å²) in [7, 11) is -3.89. The maximum Gasteiger partial charge on any atom is 0.247 e. The van der Waals surface area contributed by atoms with E-state index in [9.17, 15) is 18.0 Å². The molecular formula is C16H15N3O4S. The van der Waals surface area contributed by atoms with Crippen molar-refractivity contribution in [3.8, 4) is 0 Å². The first-order chi connectivity index (χ1) is 11.5. The number of carbonyl (C=O) groups is 2. The predicted molar refractivity (Wildman–Crippen MR) is 86.4 cm³/mol. The van der Waals surface area contributed by atoms with Crippen molar-refractivity contribution < 1.29 is 18.0 Å². The van der Waals surface area contributed by atoms with Crippen LogP contribution in [0.4, 0.5) is 5.69 Å². The van der Waals surface area contributed by atoms with Crippen LogP contribution in [0.5, 0.6) is 0 Å². The molecule has 0 aliphatic carbocycles. The lowest BCUT2D eigenvalue weighted by Crippen LogP contribution is -2.18. The van der Waals surface area contributed by atoms with Gasteiger partial charge in [0.2, 0.25) is 20.9 Å². The van der Waals surface area contributed by atoms with Crippen LogP contribution in [0.1, 0.15) is 28.8 Å². The molecule has 0 radical (unpaired) electrons. The molecular weight excluding hydrogens is 330 g/mol. The van der Waals surface area contributed by atoms with Gasteiger partial charge >= 0.3 is 0 Å². The Morgan fingerprint density at radius 3 is 2.67 bits per heavy atom. The number of aryl methyl sites for hydroxylation is 1. The van der Waals surface area contributed by atoms with Gasteiger partial charge in [-0.3, -0.25) is 9.59 Å². The van der Waals surface area contributed by atoms with Crippen molar-refractivity contribution in [3.05, 3.63) is 47.8 Å². The molecule has 3 rings (SSSR count). The zero-order chi connectivity index (χ0) is 17.2. The highest BCUT2D eigenvalue weighted by Gasteiger charge is 2.24. The molecule has 7 nitrogen and oxygen atoms in total. The van der Waals surface area contributed by atoms with Crippen molar-refractivity contribution in [2.24, 2.45) is 0 Å². The first-order valence-corrected chi connectivity index (χ1v) is 9.07. The zero-order valence-corrected chi connectivity index (χ0v) is 13.5. The Kier molecular flexibility index (Phi) is 4.39. The van der Waals surface area contributed by atoms with E-state index in [0.29, 0.717) is 30.5 Å². The van der Waals surface area contributed by atoms with Crippen molar-refractivity contribution >= 4 is 27.2 Å². The van der Waals surface area contributed by atoms with Crippen LogP contribution in [-0.2, 0) is 21.1 Å². The molecule has 0 saturated carbocycles. The van der Waals surface area contributed by atoms with Crippen LogP contribution in [0.2, 0.25) is 0 Å². The first-order valence-electron chi connectivity index (χ1n) is 7.41. The third kappa shape index (κ3) is 3.48. The molecule has 1 aliphatic heterocycles. The number of rotatable bonds is 4. The van der Waals surface area contributed by atoms with Crippen LogP contribution in [0, 0.1) is 0 Å². The second kappa shape index (κ2) is 6.48. The Bertz CT molecular complexity index is 895. The Morgan fingerprint density at radius 2 is 1.92 bits per heavy atom. The molecule has 1 N–H and O–H groups in total. The minimum absolute atomic E-state index is 0.0587. The summed E-state index contributed by atoms with van der Waals surface area (Å²) in [5, 5.41) is 2.41. The van der Waals surface area contributed by atoms with E-state index in [2.05, 4.69) is 15.3 Å². The lowest BCUT2D eigenvalue weighted by atomic mass is 10.0. The van der Waals surface area contributed by atoms with Gasteiger partial charge in [0.25, 0.3) is 0 Å². The van der Waals surface area contributed by atoms with Gasteiger partial charge in [-0.25, -0.2) is 18.4 Å². The number of fused-ring (bicyclic) bond motifs is 1. The number of amides is 1. The van der Waals surface area contributed by atoms with Crippen LogP contribution in [0.25, 0.3) is 0 Å². The molecule has 0 atom stereocenters. The summed E-state index contributed by atoms with van der Waals surface area (Å²) in [5.41, 5.74) is 1.80. The number of nitrogens with zero attached hydrogens (tertiary/aromatic N) is 2. The van der Waals surface area contributed by atoms with E-state index < -0.39 is 21.4 Å². The quantitative estimate of drug-likeness (QED) is 0.663. The molecule has 0 fully saturated rings. The Hall–Kier alpha value is -2.61. The van der Waals surface area contributed by atoms with Gasteiger partial charge in [-0.15, -0.1) is 0 Å². The van der Waals surface area contributed by atoms with Crippen molar-refractivity contribution in [1.29, 1.82) is 0 Å². The molecule has 8 heteroatoms. The molecule has 1 aliphatic rings. The van der Waals surface area contributed by atoms with Crippen LogP contribution >= 0.6 is 0 Å². The number of Topliss-reactive ketones (excluding diaryl/α,β-unsaturated/α-hetero) is 1. The molecule has 0 unspecified atom stereocenters. The molecule has 0 saturated heterocycles. The van der Waals surface area contributed by atoms with E-state index in [1.54, 1.807) is 12.1 Å². The summed E-state index contributed by atoms with van der Waals surface area (Å²) in [4.78, 5) is 31.3. The number of anilines is 1. The van der Waals surface area contributed by atoms with E-state index in [0.717, 1.165) is 5.56 Å². The van der Waals surface area contributed by atoms with E-state index in [4.69, 9.17) is 0 Å². The fourth-order valence-corrected chi connectivity index (χ4v) is 3.60. The van der Waals surface area contributed by atoms with Gasteiger partial charge in [0, 0.05) is 30.1 Å². The fourth-order valence-electron chi connectivity index (χ4n) is 2.51. The number of aromatic nitrogens is 2. The number of benzene rings is 1. The topological polar surface area (TPSA) is 106 Å². The van der Waals surface area contributed by atoms with E-state index in [-0.39, 0.29) is 11.1 Å². The van der Waals surface area contributed by atoms with Crippen LogP contribution < -0.4 is 5.32 Å². The molecule has 1 aromatic heterocycles. The second-order valence-electron chi connectivity index (χ2n) is 5.49. The number of hydrogen-bond donors (Lipinski definition) is 1.